The van der Waals surface area contributed by atoms with E-state index in [1.165, 1.54) is 0 Å². The van der Waals surface area contributed by atoms with Gasteiger partial charge >= 0.3 is 5.97 Å². The van der Waals surface area contributed by atoms with Crippen LogP contribution in [0, 0.1) is 5.92 Å². The number of carbonyl (C=O) groups excluding carboxylic acids is 1. The van der Waals surface area contributed by atoms with Gasteiger partial charge in [0.25, 0.3) is 0 Å². The Labute approximate surface area is 103 Å². The lowest BCUT2D eigenvalue weighted by atomic mass is 10.0. The van der Waals surface area contributed by atoms with Crippen molar-refractivity contribution in [1.82, 2.24) is 5.32 Å². The first-order chi connectivity index (χ1) is 7.82. The average Bonchev–Trinajstić information content (AvgIpc) is 2.15. The van der Waals surface area contributed by atoms with Crippen LogP contribution in [0.5, 0.6) is 0 Å². The molecule has 0 aromatic heterocycles. The van der Waals surface area contributed by atoms with Crippen LogP contribution in [0.4, 0.5) is 0 Å². The zero-order valence-corrected chi connectivity index (χ0v) is 11.0. The molecule has 0 aliphatic carbocycles. The minimum Gasteiger partial charge on any atom is -0.480 e. The topological polar surface area (TPSA) is 75.6 Å². The molecule has 0 fully saturated rings. The van der Waals surface area contributed by atoms with Crippen molar-refractivity contribution in [3.63, 3.8) is 0 Å². The molecule has 0 aromatic carbocycles. The zero-order chi connectivity index (χ0) is 13.4. The van der Waals surface area contributed by atoms with Crippen LogP contribution in [0.15, 0.2) is 0 Å². The molecule has 0 spiro atoms. The second-order valence-electron chi connectivity index (χ2n) is 4.76. The molecule has 0 aromatic rings. The summed E-state index contributed by atoms with van der Waals surface area (Å²) in [5.74, 6) is -1.04. The molecule has 1 atom stereocenters. The van der Waals surface area contributed by atoms with Crippen molar-refractivity contribution >= 4 is 11.9 Å². The Balaban J connectivity index is 4.00. The van der Waals surface area contributed by atoms with Gasteiger partial charge in [0.15, 0.2) is 0 Å². The van der Waals surface area contributed by atoms with E-state index in [2.05, 4.69) is 5.32 Å². The SMILES string of the molecule is CC(C)CC(NC(=O)CCOC(C)C)C(=O)O. The van der Waals surface area contributed by atoms with E-state index in [0.717, 1.165) is 0 Å². The van der Waals surface area contributed by atoms with Crippen molar-refractivity contribution in [3.8, 4) is 0 Å². The van der Waals surface area contributed by atoms with Gasteiger partial charge in [-0.15, -0.1) is 0 Å². The van der Waals surface area contributed by atoms with Crippen molar-refractivity contribution in [1.29, 1.82) is 0 Å². The minimum atomic E-state index is -0.989. The maximum Gasteiger partial charge on any atom is 0.326 e. The Morgan fingerprint density at radius 3 is 2.24 bits per heavy atom. The maximum atomic E-state index is 11.5. The molecule has 0 aliphatic heterocycles. The number of nitrogens with one attached hydrogen (secondary N) is 1. The van der Waals surface area contributed by atoms with Crippen LogP contribution in [-0.4, -0.2) is 35.7 Å². The van der Waals surface area contributed by atoms with Gasteiger partial charge in [-0.3, -0.25) is 4.79 Å². The summed E-state index contributed by atoms with van der Waals surface area (Å²) >= 11 is 0. The van der Waals surface area contributed by atoms with Gasteiger partial charge in [0, 0.05) is 6.42 Å². The number of hydrogen-bond acceptors (Lipinski definition) is 3. The third-order valence-electron chi connectivity index (χ3n) is 2.12. The first kappa shape index (κ1) is 15.9. The maximum absolute atomic E-state index is 11.5. The van der Waals surface area contributed by atoms with E-state index in [9.17, 15) is 9.59 Å². The fraction of sp³-hybridized carbons (Fsp3) is 0.833. The highest BCUT2D eigenvalue weighted by Crippen LogP contribution is 2.05. The molecule has 0 rings (SSSR count). The van der Waals surface area contributed by atoms with Crippen molar-refractivity contribution in [2.24, 2.45) is 5.92 Å². The van der Waals surface area contributed by atoms with Gasteiger partial charge in [0.1, 0.15) is 6.04 Å². The highest BCUT2D eigenvalue weighted by molar-refractivity contribution is 5.83. The fourth-order valence-electron chi connectivity index (χ4n) is 1.35. The van der Waals surface area contributed by atoms with Crippen molar-refractivity contribution < 1.29 is 19.4 Å². The highest BCUT2D eigenvalue weighted by atomic mass is 16.5. The van der Waals surface area contributed by atoms with E-state index in [0.29, 0.717) is 13.0 Å². The monoisotopic (exact) mass is 245 g/mol. The molecule has 1 amide bonds. The Hall–Kier alpha value is -1.10. The van der Waals surface area contributed by atoms with E-state index in [1.807, 2.05) is 27.7 Å². The summed E-state index contributed by atoms with van der Waals surface area (Å²) in [5, 5.41) is 11.4. The van der Waals surface area contributed by atoms with Gasteiger partial charge < -0.3 is 15.2 Å². The van der Waals surface area contributed by atoms with Gasteiger partial charge in [-0.2, -0.15) is 0 Å². The van der Waals surface area contributed by atoms with E-state index >= 15 is 0 Å². The predicted octanol–water partition coefficient (Wildman–Crippen LogP) is 1.42. The van der Waals surface area contributed by atoms with E-state index < -0.39 is 12.0 Å². The number of carboxylic acids is 1. The number of amides is 1. The molecular formula is C12H23NO4. The number of carbonyl (C=O) groups is 2. The fourth-order valence-corrected chi connectivity index (χ4v) is 1.35. The zero-order valence-electron chi connectivity index (χ0n) is 11.0. The number of carboxylic acid groups (broad SMARTS) is 1. The highest BCUT2D eigenvalue weighted by Gasteiger charge is 2.20. The van der Waals surface area contributed by atoms with Gasteiger partial charge in [0.05, 0.1) is 12.7 Å². The Bertz CT molecular complexity index is 251. The van der Waals surface area contributed by atoms with Crippen LogP contribution in [0.1, 0.15) is 40.5 Å². The summed E-state index contributed by atoms with van der Waals surface area (Å²) in [6, 6.07) is -0.804. The third kappa shape index (κ3) is 8.68. The molecule has 0 saturated carbocycles. The van der Waals surface area contributed by atoms with Gasteiger partial charge in [-0.25, -0.2) is 4.79 Å². The van der Waals surface area contributed by atoms with Crippen LogP contribution in [0.25, 0.3) is 0 Å². The third-order valence-corrected chi connectivity index (χ3v) is 2.12. The molecule has 1 unspecified atom stereocenters. The quantitative estimate of drug-likeness (QED) is 0.678. The van der Waals surface area contributed by atoms with Gasteiger partial charge in [-0.1, -0.05) is 13.8 Å². The molecule has 0 saturated heterocycles. The summed E-state index contributed by atoms with van der Waals surface area (Å²) in [6.07, 6.45) is 0.709. The summed E-state index contributed by atoms with van der Waals surface area (Å²) in [4.78, 5) is 22.4. The molecule has 5 heteroatoms. The molecule has 17 heavy (non-hydrogen) atoms. The van der Waals surface area contributed by atoms with Crippen LogP contribution in [0.3, 0.4) is 0 Å². The second-order valence-corrected chi connectivity index (χ2v) is 4.76. The van der Waals surface area contributed by atoms with Crippen LogP contribution >= 0.6 is 0 Å². The standard InChI is InChI=1S/C12H23NO4/c1-8(2)7-10(12(15)16)13-11(14)5-6-17-9(3)4/h8-10H,5-7H2,1-4H3,(H,13,14)(H,15,16). The van der Waals surface area contributed by atoms with E-state index in [-0.39, 0.29) is 24.3 Å². The lowest BCUT2D eigenvalue weighted by molar-refractivity contribution is -0.142. The molecule has 0 radical (unpaired) electrons. The van der Waals surface area contributed by atoms with Gasteiger partial charge in [0.2, 0.25) is 5.91 Å². The summed E-state index contributed by atoms with van der Waals surface area (Å²) in [6.45, 7) is 7.93. The molecule has 5 nitrogen and oxygen atoms in total. The van der Waals surface area contributed by atoms with Gasteiger partial charge in [-0.05, 0) is 26.2 Å². The molecule has 0 bridgehead atoms. The summed E-state index contributed by atoms with van der Waals surface area (Å²) in [5.41, 5.74) is 0. The van der Waals surface area contributed by atoms with Crippen molar-refractivity contribution in [2.75, 3.05) is 6.61 Å². The molecule has 0 aliphatic rings. The second kappa shape index (κ2) is 8.06. The summed E-state index contributed by atoms with van der Waals surface area (Å²) < 4.78 is 5.23. The van der Waals surface area contributed by atoms with Crippen molar-refractivity contribution in [2.45, 2.75) is 52.7 Å². The first-order valence-electron chi connectivity index (χ1n) is 5.96. The minimum absolute atomic E-state index is 0.0775. The Kier molecular flexibility index (Phi) is 7.54. The average molecular weight is 245 g/mol. The van der Waals surface area contributed by atoms with E-state index in [4.69, 9.17) is 9.84 Å². The van der Waals surface area contributed by atoms with E-state index in [1.54, 1.807) is 0 Å². The number of hydrogen-bond donors (Lipinski definition) is 2. The molecular weight excluding hydrogens is 222 g/mol. The molecule has 2 N–H and O–H groups in total. The van der Waals surface area contributed by atoms with Crippen LogP contribution in [0.2, 0.25) is 0 Å². The lowest BCUT2D eigenvalue weighted by Crippen LogP contribution is -2.42. The number of rotatable bonds is 8. The lowest BCUT2D eigenvalue weighted by Gasteiger charge is -2.16. The normalized spacial score (nSPS) is 12.8. The summed E-state index contributed by atoms with van der Waals surface area (Å²) in [7, 11) is 0. The largest absolute Gasteiger partial charge is 0.480 e. The number of ether oxygens (including phenoxy) is 1. The molecule has 0 heterocycles. The Morgan fingerprint density at radius 2 is 1.82 bits per heavy atom. The first-order valence-corrected chi connectivity index (χ1v) is 5.96. The smallest absolute Gasteiger partial charge is 0.326 e. The van der Waals surface area contributed by atoms with Crippen LogP contribution < -0.4 is 5.32 Å². The predicted molar refractivity (Wildman–Crippen MR) is 64.7 cm³/mol. The molecule has 100 valence electrons. The van der Waals surface area contributed by atoms with Crippen molar-refractivity contribution in [3.05, 3.63) is 0 Å². The Morgan fingerprint density at radius 1 is 1.24 bits per heavy atom. The number of aliphatic carboxylic acids is 1. The van der Waals surface area contributed by atoms with Crippen LogP contribution in [-0.2, 0) is 14.3 Å².